The van der Waals surface area contributed by atoms with Crippen LogP contribution in [0, 0.1) is 6.92 Å². The van der Waals surface area contributed by atoms with Crippen molar-refractivity contribution in [2.45, 2.75) is 19.6 Å². The maximum atomic E-state index is 12.7. The van der Waals surface area contributed by atoms with E-state index in [9.17, 15) is 13.2 Å². The molecule has 0 saturated carbocycles. The van der Waals surface area contributed by atoms with Crippen molar-refractivity contribution < 1.29 is 13.2 Å². The summed E-state index contributed by atoms with van der Waals surface area (Å²) in [7, 11) is 0. The average molecular weight is 269 g/mol. The van der Waals surface area contributed by atoms with Crippen molar-refractivity contribution in [2.24, 2.45) is 5.73 Å². The van der Waals surface area contributed by atoms with Crippen LogP contribution in [0.25, 0.3) is 11.1 Å². The largest absolute Gasteiger partial charge is 0.416 e. The van der Waals surface area contributed by atoms with E-state index < -0.39 is 11.7 Å². The predicted octanol–water partition coefficient (Wildman–Crippen LogP) is 2.84. The second-order valence-corrected chi connectivity index (χ2v) is 4.23. The first-order valence-electron chi connectivity index (χ1n) is 5.83. The third-order valence-electron chi connectivity index (χ3n) is 2.94. The van der Waals surface area contributed by atoms with Gasteiger partial charge in [-0.15, -0.1) is 0 Å². The fourth-order valence-electron chi connectivity index (χ4n) is 1.94. The number of benzene rings is 1. The Balaban J connectivity index is 2.42. The molecule has 2 rings (SSSR count). The van der Waals surface area contributed by atoms with Crippen LogP contribution in [-0.2, 0) is 12.7 Å². The molecule has 1 heterocycles. The molecule has 2 N–H and O–H groups in total. The Morgan fingerprint density at radius 2 is 2.05 bits per heavy atom. The number of hydrogen-bond acceptors (Lipinski definition) is 2. The highest BCUT2D eigenvalue weighted by Crippen LogP contribution is 2.32. The molecule has 0 atom stereocenters. The fraction of sp³-hybridized carbons (Fsp3) is 0.308. The standard InChI is InChI=1S/C13H14F3N3/c1-9-12(8-18-19(9)6-5-17)10-3-2-4-11(7-10)13(14,15)16/h2-4,7-8H,5-6,17H2,1H3. The van der Waals surface area contributed by atoms with Crippen LogP contribution in [0.3, 0.4) is 0 Å². The molecule has 0 aliphatic heterocycles. The summed E-state index contributed by atoms with van der Waals surface area (Å²) < 4.78 is 39.7. The molecular formula is C13H14F3N3. The van der Waals surface area contributed by atoms with Gasteiger partial charge in [0.05, 0.1) is 18.3 Å². The second kappa shape index (κ2) is 5.05. The quantitative estimate of drug-likeness (QED) is 0.931. The lowest BCUT2D eigenvalue weighted by Gasteiger charge is -2.09. The van der Waals surface area contributed by atoms with Crippen LogP contribution in [0.1, 0.15) is 11.3 Å². The minimum atomic E-state index is -4.34. The molecule has 0 radical (unpaired) electrons. The fourth-order valence-corrected chi connectivity index (χ4v) is 1.94. The molecule has 0 unspecified atom stereocenters. The van der Waals surface area contributed by atoms with E-state index in [0.717, 1.165) is 17.8 Å². The van der Waals surface area contributed by atoms with E-state index in [1.807, 2.05) is 6.92 Å². The summed E-state index contributed by atoms with van der Waals surface area (Å²) in [6, 6.07) is 5.24. The molecule has 102 valence electrons. The Labute approximate surface area is 108 Å². The van der Waals surface area contributed by atoms with Crippen LogP contribution in [-0.4, -0.2) is 16.3 Å². The van der Waals surface area contributed by atoms with Gasteiger partial charge in [-0.25, -0.2) is 0 Å². The minimum absolute atomic E-state index is 0.435. The first kappa shape index (κ1) is 13.6. The number of nitrogens with zero attached hydrogens (tertiary/aromatic N) is 2. The zero-order valence-electron chi connectivity index (χ0n) is 10.4. The van der Waals surface area contributed by atoms with E-state index in [0.29, 0.717) is 24.2 Å². The zero-order valence-corrected chi connectivity index (χ0v) is 10.4. The van der Waals surface area contributed by atoms with E-state index in [4.69, 9.17) is 5.73 Å². The van der Waals surface area contributed by atoms with Crippen molar-refractivity contribution in [1.82, 2.24) is 9.78 Å². The molecule has 0 fully saturated rings. The number of rotatable bonds is 3. The zero-order chi connectivity index (χ0) is 14.0. The predicted molar refractivity (Wildman–Crippen MR) is 66.5 cm³/mol. The first-order valence-corrected chi connectivity index (χ1v) is 5.83. The van der Waals surface area contributed by atoms with Gasteiger partial charge in [-0.1, -0.05) is 12.1 Å². The van der Waals surface area contributed by atoms with Gasteiger partial charge in [-0.3, -0.25) is 4.68 Å². The number of nitrogens with two attached hydrogens (primary N) is 1. The van der Waals surface area contributed by atoms with Gasteiger partial charge in [-0.2, -0.15) is 18.3 Å². The first-order chi connectivity index (χ1) is 8.93. The van der Waals surface area contributed by atoms with Gasteiger partial charge >= 0.3 is 6.18 Å². The van der Waals surface area contributed by atoms with Gasteiger partial charge in [-0.05, 0) is 24.6 Å². The number of alkyl halides is 3. The van der Waals surface area contributed by atoms with Gasteiger partial charge in [0.15, 0.2) is 0 Å². The summed E-state index contributed by atoms with van der Waals surface area (Å²) in [6.45, 7) is 2.80. The van der Waals surface area contributed by atoms with Crippen molar-refractivity contribution in [3.8, 4) is 11.1 Å². The molecule has 1 aromatic heterocycles. The highest BCUT2D eigenvalue weighted by Gasteiger charge is 2.30. The Morgan fingerprint density at radius 1 is 1.32 bits per heavy atom. The molecule has 0 aliphatic rings. The summed E-state index contributed by atoms with van der Waals surface area (Å²) in [6.07, 6.45) is -2.77. The van der Waals surface area contributed by atoms with E-state index in [1.54, 1.807) is 16.9 Å². The van der Waals surface area contributed by atoms with E-state index in [1.165, 1.54) is 6.07 Å². The molecule has 0 saturated heterocycles. The van der Waals surface area contributed by atoms with Crippen LogP contribution < -0.4 is 5.73 Å². The normalized spacial score (nSPS) is 11.8. The second-order valence-electron chi connectivity index (χ2n) is 4.23. The van der Waals surface area contributed by atoms with Crippen LogP contribution in [0.2, 0.25) is 0 Å². The number of aromatic nitrogens is 2. The molecule has 0 bridgehead atoms. The molecule has 3 nitrogen and oxygen atoms in total. The molecule has 2 aromatic rings. The summed E-state index contributed by atoms with van der Waals surface area (Å²) in [4.78, 5) is 0. The Bertz CT molecular complexity index is 573. The third kappa shape index (κ3) is 2.78. The third-order valence-corrected chi connectivity index (χ3v) is 2.94. The number of hydrogen-bond donors (Lipinski definition) is 1. The Hall–Kier alpha value is -1.82. The van der Waals surface area contributed by atoms with Crippen LogP contribution in [0.15, 0.2) is 30.5 Å². The lowest BCUT2D eigenvalue weighted by Crippen LogP contribution is -2.12. The maximum absolute atomic E-state index is 12.7. The van der Waals surface area contributed by atoms with Crippen molar-refractivity contribution >= 4 is 0 Å². The molecule has 0 spiro atoms. The molecule has 19 heavy (non-hydrogen) atoms. The van der Waals surface area contributed by atoms with Crippen LogP contribution in [0.4, 0.5) is 13.2 Å². The minimum Gasteiger partial charge on any atom is -0.329 e. The lowest BCUT2D eigenvalue weighted by molar-refractivity contribution is -0.137. The summed E-state index contributed by atoms with van der Waals surface area (Å²) in [5.41, 5.74) is 6.81. The van der Waals surface area contributed by atoms with Crippen molar-refractivity contribution in [3.05, 3.63) is 41.7 Å². The number of halogens is 3. The SMILES string of the molecule is Cc1c(-c2cccc(C(F)(F)F)c2)cnn1CCN. The summed E-state index contributed by atoms with van der Waals surface area (Å²) in [5, 5.41) is 4.13. The molecular weight excluding hydrogens is 255 g/mol. The molecule has 1 aromatic carbocycles. The van der Waals surface area contributed by atoms with Crippen molar-refractivity contribution in [1.29, 1.82) is 0 Å². The molecule has 6 heteroatoms. The Kier molecular flexibility index (Phi) is 3.61. The lowest BCUT2D eigenvalue weighted by atomic mass is 10.0. The van der Waals surface area contributed by atoms with Crippen LogP contribution in [0.5, 0.6) is 0 Å². The van der Waals surface area contributed by atoms with Crippen molar-refractivity contribution in [2.75, 3.05) is 6.54 Å². The highest BCUT2D eigenvalue weighted by atomic mass is 19.4. The summed E-state index contributed by atoms with van der Waals surface area (Å²) >= 11 is 0. The van der Waals surface area contributed by atoms with Gasteiger partial charge in [0.25, 0.3) is 0 Å². The Morgan fingerprint density at radius 3 is 2.68 bits per heavy atom. The smallest absolute Gasteiger partial charge is 0.329 e. The molecule has 0 amide bonds. The maximum Gasteiger partial charge on any atom is 0.416 e. The average Bonchev–Trinajstić information content (AvgIpc) is 2.71. The molecule has 0 aliphatic carbocycles. The summed E-state index contributed by atoms with van der Waals surface area (Å²) in [5.74, 6) is 0. The van der Waals surface area contributed by atoms with E-state index >= 15 is 0 Å². The van der Waals surface area contributed by atoms with E-state index in [2.05, 4.69) is 5.10 Å². The van der Waals surface area contributed by atoms with E-state index in [-0.39, 0.29) is 0 Å². The van der Waals surface area contributed by atoms with Gasteiger partial charge in [0.1, 0.15) is 0 Å². The van der Waals surface area contributed by atoms with Gasteiger partial charge in [0.2, 0.25) is 0 Å². The van der Waals surface area contributed by atoms with Gasteiger partial charge < -0.3 is 5.73 Å². The topological polar surface area (TPSA) is 43.8 Å². The van der Waals surface area contributed by atoms with Gasteiger partial charge in [0, 0.05) is 17.8 Å². The van der Waals surface area contributed by atoms with Crippen molar-refractivity contribution in [3.63, 3.8) is 0 Å². The van der Waals surface area contributed by atoms with Crippen LogP contribution >= 0.6 is 0 Å². The monoisotopic (exact) mass is 269 g/mol. The highest BCUT2D eigenvalue weighted by molar-refractivity contribution is 5.66.